The molecule has 0 saturated carbocycles. The van der Waals surface area contributed by atoms with Gasteiger partial charge in [-0.2, -0.15) is 5.26 Å². The van der Waals surface area contributed by atoms with Gasteiger partial charge in [-0.25, -0.2) is 8.78 Å². The molecule has 0 radical (unpaired) electrons. The molecule has 0 aliphatic carbocycles. The summed E-state index contributed by atoms with van der Waals surface area (Å²) in [5.41, 5.74) is 1.91. The molecule has 1 fully saturated rings. The van der Waals surface area contributed by atoms with Crippen LogP contribution in [0.4, 0.5) is 8.78 Å². The minimum atomic E-state index is -0.649. The van der Waals surface area contributed by atoms with Crippen molar-refractivity contribution in [2.24, 2.45) is 0 Å². The van der Waals surface area contributed by atoms with Crippen LogP contribution in [0.1, 0.15) is 17.5 Å². The fourth-order valence-corrected chi connectivity index (χ4v) is 2.78. The van der Waals surface area contributed by atoms with Gasteiger partial charge in [0.25, 0.3) is 0 Å². The maximum Gasteiger partial charge on any atom is 0.133 e. The number of benzene rings is 2. The van der Waals surface area contributed by atoms with E-state index >= 15 is 0 Å². The third-order valence-electron chi connectivity index (χ3n) is 4.00. The van der Waals surface area contributed by atoms with Crippen molar-refractivity contribution in [3.05, 3.63) is 59.2 Å². The van der Waals surface area contributed by atoms with Gasteiger partial charge in [0.15, 0.2) is 0 Å². The molecule has 1 saturated heterocycles. The monoisotopic (exact) mass is 314 g/mol. The van der Waals surface area contributed by atoms with E-state index in [2.05, 4.69) is 11.4 Å². The van der Waals surface area contributed by atoms with Crippen molar-refractivity contribution < 1.29 is 13.5 Å². The van der Waals surface area contributed by atoms with Crippen molar-refractivity contribution in [2.45, 2.75) is 19.1 Å². The summed E-state index contributed by atoms with van der Waals surface area (Å²) >= 11 is 0. The van der Waals surface area contributed by atoms with Crippen molar-refractivity contribution in [1.82, 2.24) is 5.32 Å². The normalized spacial score (nSPS) is 17.2. The van der Waals surface area contributed by atoms with E-state index < -0.39 is 11.6 Å². The highest BCUT2D eigenvalue weighted by atomic mass is 19.1. The molecule has 118 valence electrons. The minimum Gasteiger partial charge on any atom is -0.372 e. The largest absolute Gasteiger partial charge is 0.372 e. The molecule has 5 heteroatoms. The highest BCUT2D eigenvalue weighted by molar-refractivity contribution is 5.70. The maximum absolute atomic E-state index is 14.1. The summed E-state index contributed by atoms with van der Waals surface area (Å²) in [4.78, 5) is 0. The van der Waals surface area contributed by atoms with E-state index in [1.807, 2.05) is 0 Å². The third-order valence-corrected chi connectivity index (χ3v) is 4.00. The molecule has 3 rings (SSSR count). The van der Waals surface area contributed by atoms with E-state index in [1.165, 1.54) is 12.1 Å². The Hall–Kier alpha value is -2.29. The number of halogens is 2. The average Bonchev–Trinajstić information content (AvgIpc) is 3.06. The van der Waals surface area contributed by atoms with Crippen LogP contribution in [0, 0.1) is 23.0 Å². The second-order valence-electron chi connectivity index (χ2n) is 5.49. The van der Waals surface area contributed by atoms with Gasteiger partial charge in [0, 0.05) is 23.7 Å². The second kappa shape index (κ2) is 6.86. The molecule has 2 aromatic rings. The van der Waals surface area contributed by atoms with E-state index in [4.69, 9.17) is 4.74 Å². The summed E-state index contributed by atoms with van der Waals surface area (Å²) in [6.07, 6.45) is 1.00. The van der Waals surface area contributed by atoms with Crippen LogP contribution >= 0.6 is 0 Å². The molecule has 1 atom stereocenters. The Labute approximate surface area is 133 Å². The van der Waals surface area contributed by atoms with Crippen LogP contribution in [0.25, 0.3) is 11.1 Å². The van der Waals surface area contributed by atoms with Gasteiger partial charge in [-0.05, 0) is 36.7 Å². The molecular formula is C18H16F2N2O. The van der Waals surface area contributed by atoms with Gasteiger partial charge in [-0.15, -0.1) is 0 Å². The molecule has 1 aliphatic heterocycles. The van der Waals surface area contributed by atoms with Crippen molar-refractivity contribution in [1.29, 1.82) is 5.26 Å². The number of rotatable bonds is 4. The highest BCUT2D eigenvalue weighted by Gasteiger charge is 2.18. The zero-order chi connectivity index (χ0) is 16.2. The molecule has 0 amide bonds. The Bertz CT molecular complexity index is 749. The lowest BCUT2D eigenvalue weighted by Gasteiger charge is -2.15. The second-order valence-corrected chi connectivity index (χ2v) is 5.49. The van der Waals surface area contributed by atoms with Gasteiger partial charge >= 0.3 is 0 Å². The fraction of sp³-hybridized carbons (Fsp3) is 0.278. The average molecular weight is 314 g/mol. The SMILES string of the molecule is N#Cc1cccc(-c2ccc(F)cc2F)c1CO[C@H]1CCNC1. The van der Waals surface area contributed by atoms with Crippen LogP contribution in [-0.2, 0) is 11.3 Å². The van der Waals surface area contributed by atoms with Crippen LogP contribution in [0.5, 0.6) is 0 Å². The molecule has 0 bridgehead atoms. The molecule has 1 N–H and O–H groups in total. The summed E-state index contributed by atoms with van der Waals surface area (Å²) in [5, 5.41) is 12.5. The Kier molecular flexibility index (Phi) is 4.65. The van der Waals surface area contributed by atoms with E-state index in [0.29, 0.717) is 16.7 Å². The predicted octanol–water partition coefficient (Wildman–Crippen LogP) is 3.38. The van der Waals surface area contributed by atoms with Gasteiger partial charge in [-0.3, -0.25) is 0 Å². The van der Waals surface area contributed by atoms with E-state index in [0.717, 1.165) is 25.6 Å². The van der Waals surface area contributed by atoms with E-state index in [9.17, 15) is 14.0 Å². The summed E-state index contributed by atoms with van der Waals surface area (Å²) in [6, 6.07) is 10.7. The summed E-state index contributed by atoms with van der Waals surface area (Å²) in [6.45, 7) is 1.90. The lowest BCUT2D eigenvalue weighted by Crippen LogP contribution is -2.17. The smallest absolute Gasteiger partial charge is 0.133 e. The van der Waals surface area contributed by atoms with Crippen LogP contribution in [0.15, 0.2) is 36.4 Å². The van der Waals surface area contributed by atoms with Crippen molar-refractivity contribution in [2.75, 3.05) is 13.1 Å². The number of ether oxygens (including phenoxy) is 1. The first kappa shape index (κ1) is 15.6. The molecule has 3 nitrogen and oxygen atoms in total. The molecule has 0 aromatic heterocycles. The summed E-state index contributed by atoms with van der Waals surface area (Å²) in [7, 11) is 0. The number of nitrogens with one attached hydrogen (secondary N) is 1. The van der Waals surface area contributed by atoms with Crippen LogP contribution in [-0.4, -0.2) is 19.2 Å². The number of hydrogen-bond acceptors (Lipinski definition) is 3. The Morgan fingerprint density at radius 2 is 2.09 bits per heavy atom. The zero-order valence-corrected chi connectivity index (χ0v) is 12.5. The van der Waals surface area contributed by atoms with Crippen LogP contribution in [0.2, 0.25) is 0 Å². The zero-order valence-electron chi connectivity index (χ0n) is 12.5. The molecule has 1 heterocycles. The first-order valence-electron chi connectivity index (χ1n) is 7.49. The van der Waals surface area contributed by atoms with Crippen molar-refractivity contribution >= 4 is 0 Å². The Morgan fingerprint density at radius 1 is 1.22 bits per heavy atom. The van der Waals surface area contributed by atoms with E-state index in [-0.39, 0.29) is 18.3 Å². The first-order chi connectivity index (χ1) is 11.2. The van der Waals surface area contributed by atoms with Crippen LogP contribution < -0.4 is 5.32 Å². The Balaban J connectivity index is 1.97. The molecule has 1 aliphatic rings. The summed E-state index contributed by atoms with van der Waals surface area (Å²) in [5.74, 6) is -1.28. The van der Waals surface area contributed by atoms with E-state index in [1.54, 1.807) is 18.2 Å². The van der Waals surface area contributed by atoms with Gasteiger partial charge < -0.3 is 10.1 Å². The molecule has 0 unspecified atom stereocenters. The molecule has 2 aromatic carbocycles. The molecule has 23 heavy (non-hydrogen) atoms. The number of nitrogens with zero attached hydrogens (tertiary/aromatic N) is 1. The fourth-order valence-electron chi connectivity index (χ4n) is 2.78. The number of nitriles is 1. The van der Waals surface area contributed by atoms with Crippen molar-refractivity contribution in [3.8, 4) is 17.2 Å². The van der Waals surface area contributed by atoms with Crippen LogP contribution in [0.3, 0.4) is 0 Å². The van der Waals surface area contributed by atoms with Gasteiger partial charge in [-0.1, -0.05) is 12.1 Å². The van der Waals surface area contributed by atoms with Gasteiger partial charge in [0.05, 0.1) is 24.3 Å². The number of hydrogen-bond donors (Lipinski definition) is 1. The quantitative estimate of drug-likeness (QED) is 0.941. The molecular weight excluding hydrogens is 298 g/mol. The molecule has 0 spiro atoms. The van der Waals surface area contributed by atoms with Gasteiger partial charge in [0.1, 0.15) is 11.6 Å². The standard InChI is InChI=1S/C18H16F2N2O/c19-13-4-5-16(18(20)8-13)15-3-1-2-12(9-21)17(15)11-23-14-6-7-22-10-14/h1-5,8,14,22H,6-7,10-11H2/t14-/m0/s1. The Morgan fingerprint density at radius 3 is 2.78 bits per heavy atom. The topological polar surface area (TPSA) is 45.0 Å². The maximum atomic E-state index is 14.1. The van der Waals surface area contributed by atoms with Gasteiger partial charge in [0.2, 0.25) is 0 Å². The lowest BCUT2D eigenvalue weighted by molar-refractivity contribution is 0.0543. The predicted molar refractivity (Wildman–Crippen MR) is 82.6 cm³/mol. The first-order valence-corrected chi connectivity index (χ1v) is 7.49. The lowest BCUT2D eigenvalue weighted by atomic mass is 9.96. The third kappa shape index (κ3) is 3.39. The highest BCUT2D eigenvalue weighted by Crippen LogP contribution is 2.30. The minimum absolute atomic E-state index is 0.0904. The van der Waals surface area contributed by atoms with Crippen molar-refractivity contribution in [3.63, 3.8) is 0 Å². The summed E-state index contributed by atoms with van der Waals surface area (Å²) < 4.78 is 33.1.